The number of hydrogen-bond donors (Lipinski definition) is 2. The van der Waals surface area contributed by atoms with Crippen molar-refractivity contribution in [2.45, 2.75) is 224 Å². The van der Waals surface area contributed by atoms with E-state index in [9.17, 15) is 14.7 Å². The largest absolute Gasteiger partial charge is 0.463 e. The fraction of sp³-hybridized carbons (Fsp3) is 0.949. The molecular formula is C39H75NO7. The maximum atomic E-state index is 12.6. The fourth-order valence-corrected chi connectivity index (χ4v) is 6.47. The van der Waals surface area contributed by atoms with Crippen molar-refractivity contribution >= 4 is 11.9 Å². The minimum absolute atomic E-state index is 0.141. The molecule has 8 heteroatoms. The highest BCUT2D eigenvalue weighted by Gasteiger charge is 2.46. The van der Waals surface area contributed by atoms with E-state index in [4.69, 9.17) is 24.7 Å². The molecule has 8 nitrogen and oxygen atoms in total. The first-order valence-electron chi connectivity index (χ1n) is 19.9. The maximum absolute atomic E-state index is 12.6. The average Bonchev–Trinajstić information content (AvgIpc) is 3.07. The number of aliphatic hydroxyl groups excluding tert-OH is 1. The molecule has 47 heavy (non-hydrogen) atoms. The second-order valence-electron chi connectivity index (χ2n) is 14.0. The van der Waals surface area contributed by atoms with Gasteiger partial charge in [0, 0.05) is 20.0 Å². The summed E-state index contributed by atoms with van der Waals surface area (Å²) in [5, 5.41) is 10.9. The van der Waals surface area contributed by atoms with Crippen LogP contribution in [0.15, 0.2) is 0 Å². The van der Waals surface area contributed by atoms with Crippen LogP contribution in [0, 0.1) is 0 Å². The summed E-state index contributed by atoms with van der Waals surface area (Å²) in [7, 11) is 1.45. The third-order valence-electron chi connectivity index (χ3n) is 9.60. The minimum atomic E-state index is -1.21. The van der Waals surface area contributed by atoms with Gasteiger partial charge in [0.1, 0.15) is 18.8 Å². The zero-order valence-electron chi connectivity index (χ0n) is 30.9. The lowest BCUT2D eigenvalue weighted by atomic mass is 9.97. The second-order valence-corrected chi connectivity index (χ2v) is 14.0. The molecule has 0 aromatic rings. The molecule has 278 valence electrons. The van der Waals surface area contributed by atoms with Crippen LogP contribution in [0.5, 0.6) is 0 Å². The first kappa shape index (κ1) is 43.8. The monoisotopic (exact) mass is 670 g/mol. The highest BCUT2D eigenvalue weighted by Crippen LogP contribution is 2.24. The van der Waals surface area contributed by atoms with Crippen molar-refractivity contribution in [2.24, 2.45) is 5.73 Å². The van der Waals surface area contributed by atoms with Crippen LogP contribution in [0.4, 0.5) is 0 Å². The molecule has 0 amide bonds. The van der Waals surface area contributed by atoms with E-state index in [2.05, 4.69) is 13.8 Å². The molecule has 0 aliphatic carbocycles. The summed E-state index contributed by atoms with van der Waals surface area (Å²) >= 11 is 0. The predicted molar refractivity (Wildman–Crippen MR) is 191 cm³/mol. The Kier molecular flexibility index (Phi) is 28.7. The highest BCUT2D eigenvalue weighted by molar-refractivity contribution is 5.70. The SMILES string of the molecule is CCCCCCCCCCCCCCCC(=O)OC[C@H]1OC(OC)[C@H](N)[C@@H](OC(=O)CCCCCCCCCCCCCCC)[C@@H]1O. The Morgan fingerprint density at radius 3 is 1.34 bits per heavy atom. The van der Waals surface area contributed by atoms with Crippen molar-refractivity contribution in [1.82, 2.24) is 0 Å². The van der Waals surface area contributed by atoms with E-state index in [1.54, 1.807) is 0 Å². The van der Waals surface area contributed by atoms with Crippen molar-refractivity contribution < 1.29 is 33.6 Å². The normalized spacial score (nSPS) is 21.2. The molecule has 1 heterocycles. The van der Waals surface area contributed by atoms with Gasteiger partial charge in [0.25, 0.3) is 0 Å². The lowest BCUT2D eigenvalue weighted by Crippen LogP contribution is -2.63. The van der Waals surface area contributed by atoms with E-state index in [0.29, 0.717) is 6.42 Å². The van der Waals surface area contributed by atoms with Crippen molar-refractivity contribution in [3.8, 4) is 0 Å². The number of nitrogens with two attached hydrogens (primary N) is 1. The van der Waals surface area contributed by atoms with Crippen LogP contribution in [-0.2, 0) is 28.5 Å². The minimum Gasteiger partial charge on any atom is -0.463 e. The number of carbonyl (C=O) groups is 2. The van der Waals surface area contributed by atoms with E-state index in [1.165, 1.54) is 136 Å². The van der Waals surface area contributed by atoms with Gasteiger partial charge in [-0.15, -0.1) is 0 Å². The van der Waals surface area contributed by atoms with Gasteiger partial charge in [0.15, 0.2) is 12.4 Å². The van der Waals surface area contributed by atoms with Crippen LogP contribution in [0.25, 0.3) is 0 Å². The summed E-state index contributed by atoms with van der Waals surface area (Å²) in [5.74, 6) is -0.703. The van der Waals surface area contributed by atoms with Gasteiger partial charge in [-0.05, 0) is 12.8 Å². The summed E-state index contributed by atoms with van der Waals surface area (Å²) in [5.41, 5.74) is 6.23. The van der Waals surface area contributed by atoms with Crippen LogP contribution < -0.4 is 5.73 Å². The molecular weight excluding hydrogens is 594 g/mol. The van der Waals surface area contributed by atoms with Crippen LogP contribution in [0.3, 0.4) is 0 Å². The van der Waals surface area contributed by atoms with Crippen molar-refractivity contribution in [3.05, 3.63) is 0 Å². The van der Waals surface area contributed by atoms with Crippen molar-refractivity contribution in [3.63, 3.8) is 0 Å². The smallest absolute Gasteiger partial charge is 0.306 e. The Morgan fingerprint density at radius 1 is 0.596 bits per heavy atom. The lowest BCUT2D eigenvalue weighted by molar-refractivity contribution is -0.263. The van der Waals surface area contributed by atoms with Crippen LogP contribution >= 0.6 is 0 Å². The number of unbranched alkanes of at least 4 members (excludes halogenated alkanes) is 24. The van der Waals surface area contributed by atoms with Gasteiger partial charge in [0.2, 0.25) is 0 Å². The number of methoxy groups -OCH3 is 1. The Bertz CT molecular complexity index is 736. The molecule has 1 aliphatic rings. The summed E-state index contributed by atoms with van der Waals surface area (Å²) < 4.78 is 22.2. The van der Waals surface area contributed by atoms with Gasteiger partial charge >= 0.3 is 11.9 Å². The third-order valence-corrected chi connectivity index (χ3v) is 9.60. The number of carbonyl (C=O) groups excluding carboxylic acids is 2. The molecule has 1 rings (SSSR count). The summed E-state index contributed by atoms with van der Waals surface area (Å²) in [6.07, 6.45) is 28.9. The zero-order valence-corrected chi connectivity index (χ0v) is 30.9. The summed E-state index contributed by atoms with van der Waals surface area (Å²) in [4.78, 5) is 25.0. The Labute approximate surface area is 289 Å². The van der Waals surface area contributed by atoms with E-state index in [1.807, 2.05) is 0 Å². The number of esters is 2. The Morgan fingerprint density at radius 2 is 0.957 bits per heavy atom. The Balaban J connectivity index is 2.17. The van der Waals surface area contributed by atoms with E-state index >= 15 is 0 Å². The van der Waals surface area contributed by atoms with Gasteiger partial charge in [-0.25, -0.2) is 0 Å². The molecule has 0 radical (unpaired) electrons. The summed E-state index contributed by atoms with van der Waals surface area (Å²) in [6.45, 7) is 4.37. The predicted octanol–water partition coefficient (Wildman–Crippen LogP) is 9.46. The lowest BCUT2D eigenvalue weighted by Gasteiger charge is -2.41. The molecule has 1 aliphatic heterocycles. The first-order valence-corrected chi connectivity index (χ1v) is 19.9. The van der Waals surface area contributed by atoms with Crippen LogP contribution in [-0.4, -0.2) is 61.4 Å². The average molecular weight is 670 g/mol. The maximum Gasteiger partial charge on any atom is 0.306 e. The quantitative estimate of drug-likeness (QED) is 0.0537. The molecule has 0 aromatic heterocycles. The molecule has 1 unspecified atom stereocenters. The number of rotatable bonds is 32. The van der Waals surface area contributed by atoms with E-state index in [-0.39, 0.29) is 25.0 Å². The highest BCUT2D eigenvalue weighted by atomic mass is 16.7. The first-order chi connectivity index (χ1) is 22.9. The van der Waals surface area contributed by atoms with Crippen LogP contribution in [0.2, 0.25) is 0 Å². The van der Waals surface area contributed by atoms with Crippen LogP contribution in [0.1, 0.15) is 194 Å². The third kappa shape index (κ3) is 22.9. The molecule has 5 atom stereocenters. The molecule has 1 fully saturated rings. The van der Waals surface area contributed by atoms with Gasteiger partial charge in [-0.3, -0.25) is 9.59 Å². The number of hydrogen-bond acceptors (Lipinski definition) is 8. The summed E-state index contributed by atoms with van der Waals surface area (Å²) in [6, 6.07) is -0.844. The topological polar surface area (TPSA) is 117 Å². The van der Waals surface area contributed by atoms with Crippen molar-refractivity contribution in [1.29, 1.82) is 0 Å². The van der Waals surface area contributed by atoms with E-state index in [0.717, 1.165) is 38.5 Å². The molecule has 0 aromatic carbocycles. The van der Waals surface area contributed by atoms with Gasteiger partial charge in [-0.2, -0.15) is 0 Å². The van der Waals surface area contributed by atoms with Gasteiger partial charge in [0.05, 0.1) is 6.04 Å². The van der Waals surface area contributed by atoms with E-state index < -0.39 is 30.6 Å². The molecule has 3 N–H and O–H groups in total. The molecule has 0 bridgehead atoms. The molecule has 0 saturated carbocycles. The van der Waals surface area contributed by atoms with Gasteiger partial charge in [-0.1, -0.05) is 168 Å². The second kappa shape index (κ2) is 30.8. The van der Waals surface area contributed by atoms with Gasteiger partial charge < -0.3 is 29.8 Å². The molecule has 1 saturated heterocycles. The standard InChI is InChI=1S/C39H75NO7/c1-4-6-8-10-12-14-16-18-20-22-24-26-28-30-34(41)45-32-33-37(43)38(36(40)39(44-3)46-33)47-35(42)31-29-27-25-23-21-19-17-15-13-11-9-7-5-2/h33,36-39,43H,4-32,40H2,1-3H3/t33-,36-,37-,38-,39?/m1/s1. The van der Waals surface area contributed by atoms with Crippen molar-refractivity contribution in [2.75, 3.05) is 13.7 Å². The fourth-order valence-electron chi connectivity index (χ4n) is 6.47. The zero-order chi connectivity index (χ0) is 34.4. The number of ether oxygens (including phenoxy) is 4. The Hall–Kier alpha value is -1.22. The number of aliphatic hydroxyl groups is 1. The molecule has 0 spiro atoms.